The fourth-order valence-electron chi connectivity index (χ4n) is 11.9. The van der Waals surface area contributed by atoms with Crippen LogP contribution in [0, 0.1) is 0 Å². The van der Waals surface area contributed by atoms with Crippen molar-refractivity contribution in [2.45, 2.75) is 396 Å². The first-order valence-corrected chi connectivity index (χ1v) is 35.4. The lowest BCUT2D eigenvalue weighted by atomic mass is 9.95. The van der Waals surface area contributed by atoms with E-state index in [2.05, 4.69) is 38.3 Å². The van der Waals surface area contributed by atoms with Gasteiger partial charge in [-0.25, -0.2) is 0 Å². The van der Waals surface area contributed by atoms with Gasteiger partial charge in [0, 0.05) is 0 Å². The molecule has 2 fully saturated rings. The summed E-state index contributed by atoms with van der Waals surface area (Å²) in [4.78, 5) is 54.6. The topological polar surface area (TPSA) is 300 Å². The van der Waals surface area contributed by atoms with Gasteiger partial charge in [-0.05, 0) is 25.7 Å². The molecule has 0 aliphatic carbocycles. The second kappa shape index (κ2) is 52.0. The van der Waals surface area contributed by atoms with Crippen LogP contribution < -0.4 is 10.6 Å². The molecule has 19 heteroatoms. The van der Waals surface area contributed by atoms with Crippen LogP contribution in [0.2, 0.25) is 0 Å². The van der Waals surface area contributed by atoms with E-state index in [1.54, 1.807) is 0 Å². The Hall–Kier alpha value is -2.56. The van der Waals surface area contributed by atoms with E-state index in [1.807, 2.05) is 0 Å². The number of carbonyl (C=O) groups is 4. The smallest absolute Gasteiger partial charge is 0.308 e. The Bertz CT molecular complexity index is 1700. The van der Waals surface area contributed by atoms with Gasteiger partial charge < -0.3 is 75.2 Å². The Balaban J connectivity index is 2.29. The van der Waals surface area contributed by atoms with Gasteiger partial charge in [0.15, 0.2) is 24.8 Å². The number of amides is 2. The van der Waals surface area contributed by atoms with Crippen molar-refractivity contribution in [2.24, 2.45) is 0 Å². The van der Waals surface area contributed by atoms with Crippen LogP contribution in [0.3, 0.4) is 0 Å². The summed E-state index contributed by atoms with van der Waals surface area (Å²) in [6.45, 7) is 7.27. The first kappa shape index (κ1) is 80.5. The highest BCUT2D eigenvalue weighted by molar-refractivity contribution is 5.77. The van der Waals surface area contributed by atoms with Crippen molar-refractivity contribution in [3.8, 4) is 0 Å². The van der Waals surface area contributed by atoms with E-state index in [4.69, 9.17) is 23.7 Å². The molecule has 2 rings (SSSR count). The molecule has 2 heterocycles. The average molecular weight is 1250 g/mol. The average Bonchev–Trinajstić information content (AvgIpc) is 1.84. The zero-order valence-electron chi connectivity index (χ0n) is 54.9. The molecule has 0 radical (unpaired) electrons. The van der Waals surface area contributed by atoms with Crippen LogP contribution in [0.1, 0.15) is 310 Å². The first-order valence-electron chi connectivity index (χ1n) is 35.4. The van der Waals surface area contributed by atoms with E-state index in [0.717, 1.165) is 103 Å². The number of aliphatic hydroxyl groups excluding tert-OH is 8. The summed E-state index contributed by atoms with van der Waals surface area (Å²) in [5.41, 5.74) is 0. The largest absolute Gasteiger partial charge is 0.457 e. The molecule has 0 saturated carbocycles. The number of nitrogens with one attached hydrogen (secondary N) is 2. The Morgan fingerprint density at radius 3 is 1.01 bits per heavy atom. The summed E-state index contributed by atoms with van der Waals surface area (Å²) in [6.07, 6.45) is 20.9. The standard InChI is InChI=1S/C68H128N2O17/c1-5-9-13-17-21-25-29-33-37-41-51(72)45-57(76)69-61-65(86-59(78)47-53(74)43-39-35-31-27-23-19-15-11-7-3)64(81)56(84-67(61)82)50-83-68-62(70-58(77)46-52(73)42-38-34-30-26-22-18-14-10-6-2)66(63(80)55(49-71)85-68)87-60(79)48-54(75)44-40-36-32-28-24-20-16-12-8-4/h51-56,61-68,71-75,80-82H,5-50H2,1-4H3,(H,69,76)(H,70,77)/t51-,52-,53-,54-,55-,56-,61-,62-,63-,64-,65-,66-,67+,68-/m1/s1. The molecule has 14 atom stereocenters. The second-order valence-electron chi connectivity index (χ2n) is 25.6. The van der Waals surface area contributed by atoms with Gasteiger partial charge in [0.2, 0.25) is 11.8 Å². The summed E-state index contributed by atoms with van der Waals surface area (Å²) >= 11 is 0. The number of rotatable bonds is 56. The molecule has 2 amide bonds. The fraction of sp³-hybridized carbons (Fsp3) is 0.941. The van der Waals surface area contributed by atoms with Crippen LogP contribution in [0.25, 0.3) is 0 Å². The summed E-state index contributed by atoms with van der Waals surface area (Å²) < 4.78 is 29.7. The van der Waals surface area contributed by atoms with Crippen molar-refractivity contribution in [1.82, 2.24) is 10.6 Å². The van der Waals surface area contributed by atoms with Crippen molar-refractivity contribution >= 4 is 23.8 Å². The number of esters is 2. The van der Waals surface area contributed by atoms with Gasteiger partial charge in [-0.2, -0.15) is 0 Å². The van der Waals surface area contributed by atoms with Crippen molar-refractivity contribution in [2.75, 3.05) is 13.2 Å². The third-order valence-electron chi connectivity index (χ3n) is 17.4. The number of ether oxygens (including phenoxy) is 5. The van der Waals surface area contributed by atoms with E-state index in [9.17, 15) is 60.0 Å². The predicted octanol–water partition coefficient (Wildman–Crippen LogP) is 10.6. The molecule has 0 aromatic rings. The summed E-state index contributed by atoms with van der Waals surface area (Å²) in [6, 6.07) is -3.05. The molecule has 2 aliphatic rings. The minimum atomic E-state index is -1.93. The number of unbranched alkanes of at least 4 members (excludes halogenated alkanes) is 32. The van der Waals surface area contributed by atoms with Crippen LogP contribution in [0.15, 0.2) is 0 Å². The van der Waals surface area contributed by atoms with Crippen molar-refractivity contribution in [3.63, 3.8) is 0 Å². The molecule has 0 aromatic carbocycles. The molecule has 0 spiro atoms. The fourth-order valence-corrected chi connectivity index (χ4v) is 11.9. The lowest BCUT2D eigenvalue weighted by Gasteiger charge is -2.45. The number of hydrogen-bond acceptors (Lipinski definition) is 17. The Morgan fingerprint density at radius 2 is 0.678 bits per heavy atom. The van der Waals surface area contributed by atoms with Crippen molar-refractivity contribution < 1.29 is 83.7 Å². The molecule has 19 nitrogen and oxygen atoms in total. The molecular formula is C68H128N2O17. The van der Waals surface area contributed by atoms with Gasteiger partial charge in [-0.3, -0.25) is 19.2 Å². The predicted molar refractivity (Wildman–Crippen MR) is 338 cm³/mol. The molecule has 2 aliphatic heterocycles. The summed E-state index contributed by atoms with van der Waals surface area (Å²) in [7, 11) is 0. The second-order valence-corrected chi connectivity index (χ2v) is 25.6. The minimum Gasteiger partial charge on any atom is -0.457 e. The monoisotopic (exact) mass is 1240 g/mol. The van der Waals surface area contributed by atoms with Crippen LogP contribution in [0.4, 0.5) is 0 Å². The van der Waals surface area contributed by atoms with Gasteiger partial charge in [-0.15, -0.1) is 0 Å². The van der Waals surface area contributed by atoms with E-state index in [0.29, 0.717) is 51.4 Å². The maximum Gasteiger partial charge on any atom is 0.308 e. The number of hydrogen-bond donors (Lipinski definition) is 10. The van der Waals surface area contributed by atoms with Crippen molar-refractivity contribution in [3.05, 3.63) is 0 Å². The van der Waals surface area contributed by atoms with Crippen LogP contribution in [-0.2, 0) is 42.9 Å². The molecule has 0 bridgehead atoms. The number of aliphatic hydroxyl groups is 8. The van der Waals surface area contributed by atoms with Gasteiger partial charge in [-0.1, -0.05) is 259 Å². The van der Waals surface area contributed by atoms with Crippen molar-refractivity contribution in [1.29, 1.82) is 0 Å². The van der Waals surface area contributed by atoms with E-state index >= 15 is 0 Å². The normalized spacial score (nSPS) is 23.6. The van der Waals surface area contributed by atoms with Gasteiger partial charge >= 0.3 is 11.9 Å². The Morgan fingerprint density at radius 1 is 0.391 bits per heavy atom. The highest BCUT2D eigenvalue weighted by Gasteiger charge is 2.52. The molecule has 10 N–H and O–H groups in total. The Kier molecular flexibility index (Phi) is 48.1. The molecule has 0 unspecified atom stereocenters. The van der Waals surface area contributed by atoms with Gasteiger partial charge in [0.1, 0.15) is 36.5 Å². The first-order chi connectivity index (χ1) is 42.1. The molecule has 0 aromatic heterocycles. The van der Waals surface area contributed by atoms with Crippen LogP contribution >= 0.6 is 0 Å². The van der Waals surface area contributed by atoms with Crippen LogP contribution in [-0.4, -0.2) is 164 Å². The van der Waals surface area contributed by atoms with E-state index in [-0.39, 0.29) is 12.8 Å². The lowest BCUT2D eigenvalue weighted by Crippen LogP contribution is -2.67. The quantitative estimate of drug-likeness (QED) is 0.0200. The highest BCUT2D eigenvalue weighted by Crippen LogP contribution is 2.30. The summed E-state index contributed by atoms with van der Waals surface area (Å²) in [5, 5.41) is 94.6. The maximum atomic E-state index is 13.8. The Labute approximate surface area is 525 Å². The molecular weight excluding hydrogens is 1120 g/mol. The summed E-state index contributed by atoms with van der Waals surface area (Å²) in [5.74, 6) is -3.21. The zero-order chi connectivity index (χ0) is 63.9. The lowest BCUT2D eigenvalue weighted by molar-refractivity contribution is -0.300. The number of carbonyl (C=O) groups excluding carboxylic acids is 4. The van der Waals surface area contributed by atoms with Gasteiger partial charge in [0.25, 0.3) is 0 Å². The molecule has 2 saturated heterocycles. The zero-order valence-corrected chi connectivity index (χ0v) is 54.9. The van der Waals surface area contributed by atoms with Crippen LogP contribution in [0.5, 0.6) is 0 Å². The minimum absolute atomic E-state index is 0.328. The molecule has 512 valence electrons. The highest BCUT2D eigenvalue weighted by atomic mass is 16.7. The third-order valence-corrected chi connectivity index (χ3v) is 17.4. The third kappa shape index (κ3) is 38.2. The van der Waals surface area contributed by atoms with Gasteiger partial charge in [0.05, 0.1) is 63.3 Å². The SMILES string of the molecule is CCCCCCCCCCC[C@@H](O)CC(=O)N[C@@H]1[C@@H](OC(=O)C[C@H](O)CCCCCCCCCCC)[C@H](O)[C@@H](CO[C@@H]2O[C@H](CO)[C@@H](O)[C@H](OC(=O)C[C@H](O)CCCCCCCCCCC)[C@H]2NC(=O)C[C@H](O)CCCCCCCCCCC)O[C@@H]1O. The molecule has 87 heavy (non-hydrogen) atoms. The van der Waals surface area contributed by atoms with E-state index < -0.39 is 136 Å². The van der Waals surface area contributed by atoms with E-state index in [1.165, 1.54) is 103 Å². The maximum absolute atomic E-state index is 13.8.